The number of nitrogens with one attached hydrogen (secondary N) is 1. The van der Waals surface area contributed by atoms with Crippen molar-refractivity contribution >= 4 is 11.6 Å². The fraction of sp³-hybridized carbons (Fsp3) is 0.526. The fourth-order valence-corrected chi connectivity index (χ4v) is 3.07. The van der Waals surface area contributed by atoms with E-state index in [1.807, 2.05) is 38.1 Å². The Labute approximate surface area is 142 Å². The Hall–Kier alpha value is -2.17. The van der Waals surface area contributed by atoms with Crippen LogP contribution in [-0.2, 0) is 11.2 Å². The largest absolute Gasteiger partial charge is 0.339 e. The van der Waals surface area contributed by atoms with Crippen LogP contribution in [0.25, 0.3) is 0 Å². The molecule has 1 aromatic carbocycles. The average molecular weight is 327 g/mol. The third-order valence-corrected chi connectivity index (χ3v) is 4.54. The second kappa shape index (κ2) is 7.60. The van der Waals surface area contributed by atoms with Gasteiger partial charge in [-0.05, 0) is 30.5 Å². The summed E-state index contributed by atoms with van der Waals surface area (Å²) in [5.74, 6) is 1.93. The molecule has 0 aliphatic heterocycles. The van der Waals surface area contributed by atoms with E-state index in [9.17, 15) is 4.79 Å². The predicted molar refractivity (Wildman–Crippen MR) is 92.8 cm³/mol. The molecule has 0 saturated heterocycles. The van der Waals surface area contributed by atoms with E-state index in [2.05, 4.69) is 15.5 Å². The Kier molecular flexibility index (Phi) is 5.28. The van der Waals surface area contributed by atoms with Crippen LogP contribution in [0.1, 0.15) is 69.1 Å². The maximum Gasteiger partial charge on any atom is 0.229 e. The minimum atomic E-state index is 0.155. The van der Waals surface area contributed by atoms with Crippen LogP contribution in [0.3, 0.4) is 0 Å². The summed E-state index contributed by atoms with van der Waals surface area (Å²) in [6.45, 7) is 4.06. The maximum absolute atomic E-state index is 12.3. The third kappa shape index (κ3) is 4.22. The van der Waals surface area contributed by atoms with Crippen molar-refractivity contribution in [3.05, 3.63) is 41.5 Å². The molecule has 5 heteroatoms. The standard InChI is InChI=1S/C19H25N3O2/c1-13(2)19-21-17(22-24-19)12-14-8-10-16(11-9-14)20-18(23)15-6-4-3-5-7-15/h8-11,13,15H,3-7,12H2,1-2H3,(H,20,23). The van der Waals surface area contributed by atoms with Gasteiger partial charge in [0.1, 0.15) is 0 Å². The van der Waals surface area contributed by atoms with Gasteiger partial charge in [-0.15, -0.1) is 0 Å². The van der Waals surface area contributed by atoms with E-state index in [1.54, 1.807) is 0 Å². The Morgan fingerprint density at radius 2 is 1.92 bits per heavy atom. The third-order valence-electron chi connectivity index (χ3n) is 4.54. The Morgan fingerprint density at radius 3 is 2.54 bits per heavy atom. The number of aromatic nitrogens is 2. The fourth-order valence-electron chi connectivity index (χ4n) is 3.07. The van der Waals surface area contributed by atoms with Gasteiger partial charge in [-0.2, -0.15) is 4.98 Å². The van der Waals surface area contributed by atoms with Crippen molar-refractivity contribution in [2.75, 3.05) is 5.32 Å². The highest BCUT2D eigenvalue weighted by Gasteiger charge is 2.21. The van der Waals surface area contributed by atoms with E-state index < -0.39 is 0 Å². The minimum absolute atomic E-state index is 0.155. The molecule has 24 heavy (non-hydrogen) atoms. The molecule has 0 unspecified atom stereocenters. The van der Waals surface area contributed by atoms with Gasteiger partial charge in [0.05, 0.1) is 0 Å². The summed E-state index contributed by atoms with van der Waals surface area (Å²) in [6, 6.07) is 7.89. The molecule has 1 aliphatic carbocycles. The topological polar surface area (TPSA) is 68.0 Å². The maximum atomic E-state index is 12.3. The van der Waals surface area contributed by atoms with Crippen LogP contribution in [-0.4, -0.2) is 16.0 Å². The van der Waals surface area contributed by atoms with Crippen molar-refractivity contribution in [2.24, 2.45) is 5.92 Å². The van der Waals surface area contributed by atoms with Crippen molar-refractivity contribution in [2.45, 2.75) is 58.3 Å². The van der Waals surface area contributed by atoms with Crippen LogP contribution in [0.5, 0.6) is 0 Å². The Bertz CT molecular complexity index is 670. The van der Waals surface area contributed by atoms with Crippen molar-refractivity contribution in [3.8, 4) is 0 Å². The number of anilines is 1. The number of nitrogens with zero attached hydrogens (tertiary/aromatic N) is 2. The summed E-state index contributed by atoms with van der Waals surface area (Å²) in [5, 5.41) is 7.04. The van der Waals surface area contributed by atoms with Gasteiger partial charge in [-0.1, -0.05) is 50.4 Å². The summed E-state index contributed by atoms with van der Waals surface area (Å²) in [5.41, 5.74) is 1.95. The zero-order valence-electron chi connectivity index (χ0n) is 14.4. The second-order valence-electron chi connectivity index (χ2n) is 6.90. The van der Waals surface area contributed by atoms with Crippen molar-refractivity contribution < 1.29 is 9.32 Å². The molecule has 0 atom stereocenters. The molecule has 1 N–H and O–H groups in total. The molecule has 1 aromatic heterocycles. The summed E-state index contributed by atoms with van der Waals surface area (Å²) in [6.07, 6.45) is 6.25. The molecule has 1 aliphatic rings. The summed E-state index contributed by atoms with van der Waals surface area (Å²) < 4.78 is 5.22. The van der Waals surface area contributed by atoms with E-state index in [4.69, 9.17) is 4.52 Å². The van der Waals surface area contributed by atoms with Crippen LogP contribution in [0.4, 0.5) is 5.69 Å². The van der Waals surface area contributed by atoms with Crippen molar-refractivity contribution in [1.29, 1.82) is 0 Å². The van der Waals surface area contributed by atoms with Gasteiger partial charge >= 0.3 is 0 Å². The second-order valence-corrected chi connectivity index (χ2v) is 6.90. The van der Waals surface area contributed by atoms with E-state index >= 15 is 0 Å². The number of hydrogen-bond acceptors (Lipinski definition) is 4. The summed E-state index contributed by atoms with van der Waals surface area (Å²) in [7, 11) is 0. The lowest BCUT2D eigenvalue weighted by atomic mass is 9.88. The molecule has 1 saturated carbocycles. The van der Waals surface area contributed by atoms with Crippen LogP contribution < -0.4 is 5.32 Å². The highest BCUT2D eigenvalue weighted by Crippen LogP contribution is 2.25. The van der Waals surface area contributed by atoms with E-state index in [0.717, 1.165) is 24.1 Å². The number of hydrogen-bond donors (Lipinski definition) is 1. The first kappa shape index (κ1) is 16.7. The molecule has 0 radical (unpaired) electrons. The van der Waals surface area contributed by atoms with Gasteiger partial charge in [-0.25, -0.2) is 0 Å². The number of carbonyl (C=O) groups excluding carboxylic acids is 1. The first-order valence-electron chi connectivity index (χ1n) is 8.84. The van der Waals surface area contributed by atoms with E-state index in [-0.39, 0.29) is 17.7 Å². The number of carbonyl (C=O) groups is 1. The molecule has 0 spiro atoms. The Balaban J connectivity index is 1.57. The highest BCUT2D eigenvalue weighted by atomic mass is 16.5. The van der Waals surface area contributed by atoms with Gasteiger partial charge in [0.2, 0.25) is 11.8 Å². The zero-order chi connectivity index (χ0) is 16.9. The molecule has 3 rings (SSSR count). The van der Waals surface area contributed by atoms with E-state index in [0.29, 0.717) is 18.1 Å². The van der Waals surface area contributed by atoms with Gasteiger partial charge < -0.3 is 9.84 Å². The van der Waals surface area contributed by atoms with Gasteiger partial charge in [0.15, 0.2) is 5.82 Å². The molecule has 0 bridgehead atoms. The smallest absolute Gasteiger partial charge is 0.229 e. The normalized spacial score (nSPS) is 15.6. The number of rotatable bonds is 5. The van der Waals surface area contributed by atoms with Crippen LogP contribution in [0.15, 0.2) is 28.8 Å². The van der Waals surface area contributed by atoms with Gasteiger partial charge in [0, 0.05) is 23.9 Å². The highest BCUT2D eigenvalue weighted by molar-refractivity contribution is 5.92. The molecular formula is C19H25N3O2. The quantitative estimate of drug-likeness (QED) is 0.889. The molecule has 5 nitrogen and oxygen atoms in total. The zero-order valence-corrected chi connectivity index (χ0v) is 14.4. The summed E-state index contributed by atoms with van der Waals surface area (Å²) in [4.78, 5) is 16.7. The first-order valence-corrected chi connectivity index (χ1v) is 8.84. The average Bonchev–Trinajstić information content (AvgIpc) is 3.06. The van der Waals surface area contributed by atoms with Crippen LogP contribution in [0.2, 0.25) is 0 Å². The van der Waals surface area contributed by atoms with Crippen LogP contribution in [0, 0.1) is 5.92 Å². The molecular weight excluding hydrogens is 302 g/mol. The lowest BCUT2D eigenvalue weighted by molar-refractivity contribution is -0.120. The monoisotopic (exact) mass is 327 g/mol. The van der Waals surface area contributed by atoms with E-state index in [1.165, 1.54) is 19.3 Å². The lowest BCUT2D eigenvalue weighted by Crippen LogP contribution is -2.24. The van der Waals surface area contributed by atoms with Crippen molar-refractivity contribution in [1.82, 2.24) is 10.1 Å². The molecule has 1 heterocycles. The summed E-state index contributed by atoms with van der Waals surface area (Å²) >= 11 is 0. The van der Waals surface area contributed by atoms with Gasteiger partial charge in [0.25, 0.3) is 0 Å². The number of amides is 1. The SMILES string of the molecule is CC(C)c1nc(Cc2ccc(NC(=O)C3CCCCC3)cc2)no1. The van der Waals surface area contributed by atoms with Gasteiger partial charge in [-0.3, -0.25) is 4.79 Å². The molecule has 1 fully saturated rings. The predicted octanol–water partition coefficient (Wildman–Crippen LogP) is 4.30. The molecule has 1 amide bonds. The van der Waals surface area contributed by atoms with Crippen LogP contribution >= 0.6 is 0 Å². The first-order chi connectivity index (χ1) is 11.6. The lowest BCUT2D eigenvalue weighted by Gasteiger charge is -2.20. The minimum Gasteiger partial charge on any atom is -0.339 e. The molecule has 128 valence electrons. The van der Waals surface area contributed by atoms with Crippen molar-refractivity contribution in [3.63, 3.8) is 0 Å². The Morgan fingerprint density at radius 1 is 1.21 bits per heavy atom. The molecule has 2 aromatic rings. The number of benzene rings is 1.